The monoisotopic (exact) mass is 250 g/mol. The fraction of sp³-hybridized carbons (Fsp3) is 0.0588. The number of hydrogen-bond acceptors (Lipinski definition) is 1. The van der Waals surface area contributed by atoms with Crippen molar-refractivity contribution in [2.24, 2.45) is 0 Å². The maximum atomic E-state index is 10.2. The molecule has 0 fully saturated rings. The molecule has 0 aliphatic heterocycles. The van der Waals surface area contributed by atoms with Gasteiger partial charge in [-0.25, -0.2) is 0 Å². The summed E-state index contributed by atoms with van der Waals surface area (Å²) in [7, 11) is 0. The van der Waals surface area contributed by atoms with E-state index in [1.807, 2.05) is 54.6 Å². The van der Waals surface area contributed by atoms with Crippen molar-refractivity contribution in [3.05, 3.63) is 77.9 Å². The molecule has 19 heavy (non-hydrogen) atoms. The lowest BCUT2D eigenvalue weighted by molar-refractivity contribution is -0.411. The van der Waals surface area contributed by atoms with Gasteiger partial charge in [0.1, 0.15) is 11.8 Å². The Morgan fingerprint density at radius 3 is 2.26 bits per heavy atom. The molecule has 2 nitrogen and oxygen atoms in total. The summed E-state index contributed by atoms with van der Waals surface area (Å²) in [6.07, 6.45) is 0. The highest BCUT2D eigenvalue weighted by Gasteiger charge is 2.19. The average Bonchev–Trinajstić information content (AvgIpc) is 2.47. The zero-order valence-corrected chi connectivity index (χ0v) is 10.6. The summed E-state index contributed by atoms with van der Waals surface area (Å²) >= 11 is 0. The van der Waals surface area contributed by atoms with Gasteiger partial charge in [0.2, 0.25) is 0 Å². The highest BCUT2D eigenvalue weighted by Crippen LogP contribution is 2.33. The first-order valence-corrected chi connectivity index (χ1v) is 6.36. The zero-order valence-electron chi connectivity index (χ0n) is 10.6. The summed E-state index contributed by atoms with van der Waals surface area (Å²) < 4.78 is 0. The first-order chi connectivity index (χ1) is 9.27. The molecular formula is C17H16NO+. The van der Waals surface area contributed by atoms with Crippen LogP contribution in [0, 0.1) is 0 Å². The molecule has 3 rings (SSSR count). The normalized spacial score (nSPS) is 12.5. The molecule has 1 atom stereocenters. The molecule has 4 N–H and O–H groups in total. The molecule has 0 radical (unpaired) electrons. The molecule has 3 aromatic rings. The summed E-state index contributed by atoms with van der Waals surface area (Å²) in [5, 5.41) is 12.4. The molecule has 0 aliphatic rings. The van der Waals surface area contributed by atoms with Gasteiger partial charge in [-0.1, -0.05) is 60.7 Å². The molecule has 2 heteroatoms. The van der Waals surface area contributed by atoms with Crippen LogP contribution in [0.1, 0.15) is 17.2 Å². The van der Waals surface area contributed by atoms with Crippen molar-refractivity contribution in [1.82, 2.24) is 0 Å². The Kier molecular flexibility index (Phi) is 2.94. The Morgan fingerprint density at radius 1 is 0.789 bits per heavy atom. The lowest BCUT2D eigenvalue weighted by Crippen LogP contribution is -2.54. The highest BCUT2D eigenvalue weighted by atomic mass is 16.3. The molecular weight excluding hydrogens is 234 g/mol. The molecule has 0 spiro atoms. The minimum Gasteiger partial charge on any atom is -0.507 e. The van der Waals surface area contributed by atoms with Crippen molar-refractivity contribution in [2.75, 3.05) is 0 Å². The molecule has 0 amide bonds. The molecule has 0 saturated carbocycles. The van der Waals surface area contributed by atoms with Gasteiger partial charge in [0.05, 0.1) is 5.56 Å². The van der Waals surface area contributed by atoms with E-state index in [1.54, 1.807) is 6.07 Å². The lowest BCUT2D eigenvalue weighted by Gasteiger charge is -2.14. The van der Waals surface area contributed by atoms with Crippen molar-refractivity contribution in [3.8, 4) is 5.75 Å². The van der Waals surface area contributed by atoms with E-state index in [1.165, 1.54) is 0 Å². The topological polar surface area (TPSA) is 47.9 Å². The Morgan fingerprint density at radius 2 is 1.47 bits per heavy atom. The SMILES string of the molecule is [NH3+][C@@H](c1ccccc1)c1c(O)ccc2ccccc12. The van der Waals surface area contributed by atoms with Crippen LogP contribution in [0.4, 0.5) is 0 Å². The minimum absolute atomic E-state index is 0.0766. The van der Waals surface area contributed by atoms with E-state index in [4.69, 9.17) is 0 Å². The van der Waals surface area contributed by atoms with Crippen LogP contribution >= 0.6 is 0 Å². The largest absolute Gasteiger partial charge is 0.507 e. The molecule has 0 aromatic heterocycles. The maximum Gasteiger partial charge on any atom is 0.140 e. The number of rotatable bonds is 2. The fourth-order valence-corrected chi connectivity index (χ4v) is 2.50. The van der Waals surface area contributed by atoms with Crippen LogP contribution in [0.3, 0.4) is 0 Å². The predicted molar refractivity (Wildman–Crippen MR) is 76.8 cm³/mol. The molecule has 0 unspecified atom stereocenters. The predicted octanol–water partition coefficient (Wildman–Crippen LogP) is 2.88. The van der Waals surface area contributed by atoms with Gasteiger partial charge in [0.15, 0.2) is 0 Å². The number of phenols is 1. The minimum atomic E-state index is -0.0766. The molecule has 0 bridgehead atoms. The van der Waals surface area contributed by atoms with Gasteiger partial charge in [-0.05, 0) is 16.8 Å². The Labute approximate surface area is 112 Å². The number of benzene rings is 3. The van der Waals surface area contributed by atoms with E-state index >= 15 is 0 Å². The van der Waals surface area contributed by atoms with Crippen LogP contribution < -0.4 is 5.73 Å². The van der Waals surface area contributed by atoms with Gasteiger partial charge in [0, 0.05) is 5.56 Å². The second-order valence-electron chi connectivity index (χ2n) is 4.68. The molecule has 0 heterocycles. The summed E-state index contributed by atoms with van der Waals surface area (Å²) in [5.74, 6) is 0.308. The van der Waals surface area contributed by atoms with E-state index in [0.29, 0.717) is 5.75 Å². The first-order valence-electron chi connectivity index (χ1n) is 6.36. The van der Waals surface area contributed by atoms with E-state index in [-0.39, 0.29) is 6.04 Å². The number of hydrogen-bond donors (Lipinski definition) is 2. The van der Waals surface area contributed by atoms with Crippen LogP contribution in [-0.4, -0.2) is 5.11 Å². The van der Waals surface area contributed by atoms with Crippen molar-refractivity contribution in [1.29, 1.82) is 0 Å². The smallest absolute Gasteiger partial charge is 0.140 e. The first kappa shape index (κ1) is 11.8. The Hall–Kier alpha value is -2.32. The summed E-state index contributed by atoms with van der Waals surface area (Å²) in [6, 6.07) is 21.7. The van der Waals surface area contributed by atoms with E-state index in [2.05, 4.69) is 11.8 Å². The van der Waals surface area contributed by atoms with Crippen molar-refractivity contribution < 1.29 is 10.8 Å². The van der Waals surface area contributed by atoms with Crippen LogP contribution in [0.2, 0.25) is 0 Å². The number of aromatic hydroxyl groups is 1. The van der Waals surface area contributed by atoms with Crippen LogP contribution in [-0.2, 0) is 0 Å². The number of phenolic OH excluding ortho intramolecular Hbond substituents is 1. The molecule has 0 aliphatic carbocycles. The van der Waals surface area contributed by atoms with Gasteiger partial charge in [0.25, 0.3) is 0 Å². The summed E-state index contributed by atoms with van der Waals surface area (Å²) in [6.45, 7) is 0. The fourth-order valence-electron chi connectivity index (χ4n) is 2.50. The van der Waals surface area contributed by atoms with Crippen molar-refractivity contribution in [2.45, 2.75) is 6.04 Å². The van der Waals surface area contributed by atoms with Crippen LogP contribution in [0.25, 0.3) is 10.8 Å². The second-order valence-corrected chi connectivity index (χ2v) is 4.68. The average molecular weight is 250 g/mol. The van der Waals surface area contributed by atoms with Crippen LogP contribution in [0.5, 0.6) is 5.75 Å². The zero-order chi connectivity index (χ0) is 13.2. The van der Waals surface area contributed by atoms with Crippen molar-refractivity contribution in [3.63, 3.8) is 0 Å². The van der Waals surface area contributed by atoms with Crippen molar-refractivity contribution >= 4 is 10.8 Å². The third kappa shape index (κ3) is 2.07. The van der Waals surface area contributed by atoms with E-state index < -0.39 is 0 Å². The maximum absolute atomic E-state index is 10.2. The Balaban J connectivity index is 2.22. The van der Waals surface area contributed by atoms with E-state index in [0.717, 1.165) is 21.9 Å². The van der Waals surface area contributed by atoms with Gasteiger partial charge < -0.3 is 10.8 Å². The van der Waals surface area contributed by atoms with Gasteiger partial charge in [-0.2, -0.15) is 0 Å². The molecule has 0 saturated heterocycles. The molecule has 94 valence electrons. The second kappa shape index (κ2) is 4.75. The number of fused-ring (bicyclic) bond motifs is 1. The molecule has 3 aromatic carbocycles. The van der Waals surface area contributed by atoms with Crippen LogP contribution in [0.15, 0.2) is 66.7 Å². The highest BCUT2D eigenvalue weighted by molar-refractivity contribution is 5.88. The summed E-state index contributed by atoms with van der Waals surface area (Å²) in [5.41, 5.74) is 6.23. The third-order valence-electron chi connectivity index (χ3n) is 3.50. The Bertz CT molecular complexity index is 707. The van der Waals surface area contributed by atoms with E-state index in [9.17, 15) is 5.11 Å². The van der Waals surface area contributed by atoms with Gasteiger partial charge in [-0.3, -0.25) is 0 Å². The standard InChI is InChI=1S/C17H15NO/c18-17(13-7-2-1-3-8-13)16-14-9-5-4-6-12(14)10-11-15(16)19/h1-11,17,19H,18H2/p+1/t17-/m0/s1. The van der Waals surface area contributed by atoms with Gasteiger partial charge >= 0.3 is 0 Å². The third-order valence-corrected chi connectivity index (χ3v) is 3.50. The number of quaternary nitrogens is 1. The quantitative estimate of drug-likeness (QED) is 0.722. The summed E-state index contributed by atoms with van der Waals surface area (Å²) in [4.78, 5) is 0. The lowest BCUT2D eigenvalue weighted by atomic mass is 9.93. The van der Waals surface area contributed by atoms with Gasteiger partial charge in [-0.15, -0.1) is 0 Å².